The Morgan fingerprint density at radius 3 is 2.40 bits per heavy atom. The minimum Gasteiger partial charge on any atom is -0.362 e. The van der Waals surface area contributed by atoms with Gasteiger partial charge in [0, 0.05) is 17.3 Å². The quantitative estimate of drug-likeness (QED) is 0.606. The Morgan fingerprint density at radius 1 is 0.920 bits per heavy atom. The molecular weight excluding hydrogens is 306 g/mol. The van der Waals surface area contributed by atoms with Crippen LogP contribution in [0.5, 0.6) is 0 Å². The lowest BCUT2D eigenvalue weighted by molar-refractivity contribution is 0.184. The van der Waals surface area contributed by atoms with Crippen LogP contribution in [-0.4, -0.2) is 29.1 Å². The molecular formula is C22H25N3. The lowest BCUT2D eigenvalue weighted by atomic mass is 10.1. The van der Waals surface area contributed by atoms with Gasteiger partial charge in [-0.05, 0) is 56.6 Å². The first-order valence-corrected chi connectivity index (χ1v) is 9.30. The summed E-state index contributed by atoms with van der Waals surface area (Å²) in [6.07, 6.45) is 10.4. The Kier molecular flexibility index (Phi) is 4.93. The summed E-state index contributed by atoms with van der Waals surface area (Å²) in [6.45, 7) is 2.45. The van der Waals surface area contributed by atoms with Gasteiger partial charge in [0.2, 0.25) is 0 Å². The minimum atomic E-state index is 0.641. The summed E-state index contributed by atoms with van der Waals surface area (Å²) in [6, 6.07) is 18.6. The van der Waals surface area contributed by atoms with Gasteiger partial charge in [-0.25, -0.2) is 4.98 Å². The lowest BCUT2D eigenvalue weighted by Crippen LogP contribution is -2.48. The van der Waals surface area contributed by atoms with Crippen LogP contribution in [0.1, 0.15) is 25.7 Å². The van der Waals surface area contributed by atoms with E-state index in [9.17, 15) is 0 Å². The van der Waals surface area contributed by atoms with Crippen LogP contribution in [-0.2, 0) is 0 Å². The molecule has 0 bridgehead atoms. The van der Waals surface area contributed by atoms with Gasteiger partial charge in [-0.2, -0.15) is 0 Å². The number of hydrogen-bond acceptors (Lipinski definition) is 3. The number of pyridine rings is 1. The number of aromatic nitrogens is 1. The molecule has 0 amide bonds. The van der Waals surface area contributed by atoms with Gasteiger partial charge in [-0.15, -0.1) is 0 Å². The highest BCUT2D eigenvalue weighted by Gasteiger charge is 2.19. The molecule has 1 aromatic heterocycles. The first-order chi connectivity index (χ1) is 12.4. The predicted molar refractivity (Wildman–Crippen MR) is 105 cm³/mol. The molecule has 1 atom stereocenters. The number of nitrogens with zero attached hydrogens (tertiary/aromatic N) is 2. The zero-order valence-corrected chi connectivity index (χ0v) is 14.6. The Balaban J connectivity index is 0.000000129. The van der Waals surface area contributed by atoms with Crippen molar-refractivity contribution in [3.05, 3.63) is 66.9 Å². The van der Waals surface area contributed by atoms with Gasteiger partial charge in [-0.3, -0.25) is 5.32 Å². The number of rotatable bonds is 0. The number of para-hydroxylation sites is 2. The number of allylic oxidation sites excluding steroid dienone is 1. The van der Waals surface area contributed by atoms with E-state index in [0.29, 0.717) is 6.17 Å². The summed E-state index contributed by atoms with van der Waals surface area (Å²) < 4.78 is 0. The lowest BCUT2D eigenvalue weighted by Gasteiger charge is -2.34. The van der Waals surface area contributed by atoms with Crippen molar-refractivity contribution in [1.29, 1.82) is 0 Å². The third kappa shape index (κ3) is 3.83. The molecule has 2 aromatic carbocycles. The van der Waals surface area contributed by atoms with Crippen molar-refractivity contribution in [2.24, 2.45) is 0 Å². The van der Waals surface area contributed by atoms with Crippen LogP contribution in [0.2, 0.25) is 0 Å². The molecule has 3 aromatic rings. The van der Waals surface area contributed by atoms with Crippen LogP contribution < -0.4 is 5.32 Å². The molecule has 1 unspecified atom stereocenters. The molecule has 5 rings (SSSR count). The average Bonchev–Trinajstić information content (AvgIpc) is 2.92. The number of nitrogens with one attached hydrogen (secondary N) is 1. The molecule has 0 saturated carbocycles. The van der Waals surface area contributed by atoms with Crippen molar-refractivity contribution < 1.29 is 0 Å². The van der Waals surface area contributed by atoms with E-state index < -0.39 is 0 Å². The first kappa shape index (κ1) is 16.1. The Bertz CT molecular complexity index is 766. The predicted octanol–water partition coefficient (Wildman–Crippen LogP) is 4.69. The molecule has 3 heterocycles. The van der Waals surface area contributed by atoms with Gasteiger partial charge < -0.3 is 4.90 Å². The van der Waals surface area contributed by atoms with Crippen LogP contribution in [0.4, 0.5) is 0 Å². The van der Waals surface area contributed by atoms with Gasteiger partial charge >= 0.3 is 0 Å². The van der Waals surface area contributed by atoms with Crippen LogP contribution in [0.3, 0.4) is 0 Å². The maximum absolute atomic E-state index is 4.58. The molecule has 1 fully saturated rings. The van der Waals surface area contributed by atoms with E-state index in [0.717, 1.165) is 11.0 Å². The summed E-state index contributed by atoms with van der Waals surface area (Å²) in [5, 5.41) is 5.94. The minimum absolute atomic E-state index is 0.641. The number of fused-ring (bicyclic) bond motifs is 3. The van der Waals surface area contributed by atoms with E-state index in [-0.39, 0.29) is 0 Å². The highest BCUT2D eigenvalue weighted by atomic mass is 15.3. The molecule has 0 aliphatic carbocycles. The standard InChI is InChI=1S/C13H9N.C9H16N2/c1-3-7-12-10(5-1)9-11-6-2-4-8-13(11)14-12;1-2-5-9-10-6-4-8-11(9)7-3-1/h1-9H;3,7,9-10H,1-2,4-6,8H2. The second-order valence-corrected chi connectivity index (χ2v) is 6.75. The molecule has 1 N–H and O–H groups in total. The molecule has 3 heteroatoms. The molecule has 2 aliphatic rings. The van der Waals surface area contributed by atoms with Crippen molar-refractivity contribution >= 4 is 21.8 Å². The highest BCUT2D eigenvalue weighted by molar-refractivity contribution is 5.92. The fourth-order valence-electron chi connectivity index (χ4n) is 3.61. The summed E-state index contributed by atoms with van der Waals surface area (Å²) in [7, 11) is 0. The highest BCUT2D eigenvalue weighted by Crippen LogP contribution is 2.18. The topological polar surface area (TPSA) is 28.2 Å². The Hall–Kier alpha value is -2.39. The SMILES string of the molecule is C1=CN2CCCNC2CCC1.c1ccc2nc3ccccc3cc2c1. The number of benzene rings is 2. The maximum Gasteiger partial charge on any atom is 0.0790 e. The van der Waals surface area contributed by atoms with E-state index in [4.69, 9.17) is 0 Å². The smallest absolute Gasteiger partial charge is 0.0790 e. The monoisotopic (exact) mass is 331 g/mol. The fraction of sp³-hybridized carbons (Fsp3) is 0.318. The van der Waals surface area contributed by atoms with E-state index in [1.807, 2.05) is 36.4 Å². The van der Waals surface area contributed by atoms with Gasteiger partial charge in [-0.1, -0.05) is 42.5 Å². The molecule has 2 aliphatic heterocycles. The van der Waals surface area contributed by atoms with Crippen molar-refractivity contribution in [3.63, 3.8) is 0 Å². The zero-order valence-electron chi connectivity index (χ0n) is 14.6. The normalized spacial score (nSPS) is 19.8. The molecule has 0 spiro atoms. The second kappa shape index (κ2) is 7.66. The van der Waals surface area contributed by atoms with E-state index in [2.05, 4.69) is 45.7 Å². The third-order valence-corrected chi connectivity index (χ3v) is 4.94. The zero-order chi connectivity index (χ0) is 16.9. The maximum atomic E-state index is 4.58. The third-order valence-electron chi connectivity index (χ3n) is 4.94. The molecule has 3 nitrogen and oxygen atoms in total. The van der Waals surface area contributed by atoms with Crippen molar-refractivity contribution in [3.8, 4) is 0 Å². The molecule has 1 saturated heterocycles. The first-order valence-electron chi connectivity index (χ1n) is 9.30. The van der Waals surface area contributed by atoms with Gasteiger partial charge in [0.1, 0.15) is 0 Å². The van der Waals surface area contributed by atoms with Crippen molar-refractivity contribution in [1.82, 2.24) is 15.2 Å². The summed E-state index contributed by atoms with van der Waals surface area (Å²) in [5.41, 5.74) is 2.12. The molecule has 25 heavy (non-hydrogen) atoms. The summed E-state index contributed by atoms with van der Waals surface area (Å²) in [4.78, 5) is 7.02. The van der Waals surface area contributed by atoms with Crippen LogP contribution >= 0.6 is 0 Å². The van der Waals surface area contributed by atoms with Crippen LogP contribution in [0, 0.1) is 0 Å². The van der Waals surface area contributed by atoms with Crippen molar-refractivity contribution in [2.45, 2.75) is 31.8 Å². The molecule has 128 valence electrons. The van der Waals surface area contributed by atoms with Gasteiger partial charge in [0.05, 0.1) is 17.2 Å². The largest absolute Gasteiger partial charge is 0.362 e. The fourth-order valence-corrected chi connectivity index (χ4v) is 3.61. The molecule has 0 radical (unpaired) electrons. The van der Waals surface area contributed by atoms with E-state index in [1.54, 1.807) is 0 Å². The summed E-state index contributed by atoms with van der Waals surface area (Å²) >= 11 is 0. The van der Waals surface area contributed by atoms with Gasteiger partial charge in [0.15, 0.2) is 0 Å². The van der Waals surface area contributed by atoms with E-state index >= 15 is 0 Å². The van der Waals surface area contributed by atoms with Crippen LogP contribution in [0.15, 0.2) is 66.9 Å². The summed E-state index contributed by atoms with van der Waals surface area (Å²) in [5.74, 6) is 0. The number of hydrogen-bond donors (Lipinski definition) is 1. The Labute approximate surface area is 149 Å². The average molecular weight is 331 g/mol. The van der Waals surface area contributed by atoms with Gasteiger partial charge in [0.25, 0.3) is 0 Å². The van der Waals surface area contributed by atoms with E-state index in [1.165, 1.54) is 49.5 Å². The Morgan fingerprint density at radius 2 is 1.64 bits per heavy atom. The second-order valence-electron chi connectivity index (χ2n) is 6.75. The van der Waals surface area contributed by atoms with Crippen molar-refractivity contribution in [2.75, 3.05) is 13.1 Å². The van der Waals surface area contributed by atoms with Crippen LogP contribution in [0.25, 0.3) is 21.8 Å².